The van der Waals surface area contributed by atoms with Gasteiger partial charge >= 0.3 is 0 Å². The normalized spacial score (nSPS) is 12.9. The molecule has 0 radical (unpaired) electrons. The predicted molar refractivity (Wildman–Crippen MR) is 84.1 cm³/mol. The van der Waals surface area contributed by atoms with Gasteiger partial charge in [0, 0.05) is 24.8 Å². The number of aromatic nitrogens is 4. The average molecular weight is 283 g/mol. The quantitative estimate of drug-likeness (QED) is 0.756. The van der Waals surface area contributed by atoms with Crippen molar-refractivity contribution >= 4 is 11.0 Å². The van der Waals surface area contributed by atoms with Crippen LogP contribution in [0.2, 0.25) is 0 Å². The Labute approximate surface area is 124 Å². The number of hydrogen-bond acceptors (Lipinski definition) is 3. The van der Waals surface area contributed by atoms with E-state index in [4.69, 9.17) is 0 Å². The van der Waals surface area contributed by atoms with Gasteiger partial charge in [-0.25, -0.2) is 4.98 Å². The highest BCUT2D eigenvalue weighted by Crippen LogP contribution is 2.18. The minimum absolute atomic E-state index is 0.230. The molecule has 1 atom stereocenters. The number of imidazole rings is 1. The summed E-state index contributed by atoms with van der Waals surface area (Å²) in [4.78, 5) is 4.45. The van der Waals surface area contributed by atoms with Crippen LogP contribution >= 0.6 is 0 Å². The van der Waals surface area contributed by atoms with Crippen molar-refractivity contribution < 1.29 is 0 Å². The van der Waals surface area contributed by atoms with Crippen molar-refractivity contribution in [1.29, 1.82) is 0 Å². The molecule has 1 aromatic carbocycles. The molecule has 21 heavy (non-hydrogen) atoms. The first kappa shape index (κ1) is 13.8. The molecule has 0 saturated carbocycles. The van der Waals surface area contributed by atoms with Gasteiger partial charge in [-0.1, -0.05) is 19.1 Å². The third-order valence-electron chi connectivity index (χ3n) is 3.76. The van der Waals surface area contributed by atoms with Crippen LogP contribution in [0.25, 0.3) is 11.0 Å². The van der Waals surface area contributed by atoms with Gasteiger partial charge in [-0.2, -0.15) is 5.10 Å². The highest BCUT2D eigenvalue weighted by atomic mass is 15.3. The molecule has 2 aromatic heterocycles. The van der Waals surface area contributed by atoms with E-state index in [2.05, 4.69) is 39.2 Å². The Morgan fingerprint density at radius 3 is 2.95 bits per heavy atom. The van der Waals surface area contributed by atoms with Crippen molar-refractivity contribution in [3.63, 3.8) is 0 Å². The van der Waals surface area contributed by atoms with E-state index in [1.807, 2.05) is 42.5 Å². The molecule has 5 heteroatoms. The summed E-state index contributed by atoms with van der Waals surface area (Å²) in [7, 11) is 1.99. The van der Waals surface area contributed by atoms with Crippen molar-refractivity contribution in [2.24, 2.45) is 0 Å². The fourth-order valence-electron chi connectivity index (χ4n) is 2.63. The molecule has 0 fully saturated rings. The number of benzene rings is 1. The number of rotatable bonds is 6. The van der Waals surface area contributed by atoms with Gasteiger partial charge in [0.15, 0.2) is 0 Å². The van der Waals surface area contributed by atoms with Gasteiger partial charge in [-0.05, 0) is 25.6 Å². The molecule has 0 saturated heterocycles. The second kappa shape index (κ2) is 6.10. The molecule has 0 aliphatic carbocycles. The zero-order chi connectivity index (χ0) is 14.7. The first-order valence-electron chi connectivity index (χ1n) is 7.41. The summed E-state index contributed by atoms with van der Waals surface area (Å²) in [6, 6.07) is 8.45. The van der Waals surface area contributed by atoms with Crippen LogP contribution in [0.3, 0.4) is 0 Å². The SMILES string of the molecule is CCCn1cc(C(Cn2cnc3ccccc32)NC)cn1. The van der Waals surface area contributed by atoms with Crippen LogP contribution in [-0.4, -0.2) is 26.4 Å². The van der Waals surface area contributed by atoms with E-state index in [1.54, 1.807) is 0 Å². The maximum absolute atomic E-state index is 4.45. The van der Waals surface area contributed by atoms with Crippen molar-refractivity contribution in [1.82, 2.24) is 24.6 Å². The number of aryl methyl sites for hydroxylation is 1. The van der Waals surface area contributed by atoms with Gasteiger partial charge in [0.05, 0.1) is 29.6 Å². The molecule has 0 amide bonds. The van der Waals surface area contributed by atoms with Gasteiger partial charge in [0.25, 0.3) is 0 Å². The monoisotopic (exact) mass is 283 g/mol. The second-order valence-electron chi connectivity index (χ2n) is 5.26. The van der Waals surface area contributed by atoms with Crippen LogP contribution in [0, 0.1) is 0 Å². The molecule has 1 unspecified atom stereocenters. The predicted octanol–water partition coefficient (Wildman–Crippen LogP) is 2.60. The molecule has 5 nitrogen and oxygen atoms in total. The Hall–Kier alpha value is -2.14. The zero-order valence-electron chi connectivity index (χ0n) is 12.5. The Bertz CT molecular complexity index is 712. The summed E-state index contributed by atoms with van der Waals surface area (Å²) in [5, 5.41) is 7.79. The Kier molecular flexibility index (Phi) is 4.01. The maximum atomic E-state index is 4.45. The number of nitrogens with one attached hydrogen (secondary N) is 1. The Morgan fingerprint density at radius 1 is 1.29 bits per heavy atom. The third kappa shape index (κ3) is 2.83. The molecule has 0 bridgehead atoms. The molecular formula is C16H21N5. The summed E-state index contributed by atoms with van der Waals surface area (Å²) >= 11 is 0. The van der Waals surface area contributed by atoms with E-state index in [0.717, 1.165) is 25.0 Å². The van der Waals surface area contributed by atoms with Gasteiger partial charge in [0.1, 0.15) is 0 Å². The van der Waals surface area contributed by atoms with E-state index in [9.17, 15) is 0 Å². The van der Waals surface area contributed by atoms with E-state index < -0.39 is 0 Å². The van der Waals surface area contributed by atoms with E-state index >= 15 is 0 Å². The molecule has 0 aliphatic rings. The van der Waals surface area contributed by atoms with Gasteiger partial charge in [0.2, 0.25) is 0 Å². The van der Waals surface area contributed by atoms with Gasteiger partial charge < -0.3 is 9.88 Å². The first-order valence-corrected chi connectivity index (χ1v) is 7.41. The Morgan fingerprint density at radius 2 is 2.14 bits per heavy atom. The lowest BCUT2D eigenvalue weighted by Crippen LogP contribution is -2.21. The largest absolute Gasteiger partial charge is 0.329 e. The molecule has 2 heterocycles. The molecule has 110 valence electrons. The summed E-state index contributed by atoms with van der Waals surface area (Å²) in [6.07, 6.45) is 7.09. The lowest BCUT2D eigenvalue weighted by Gasteiger charge is -2.15. The van der Waals surface area contributed by atoms with Gasteiger partial charge in [-0.3, -0.25) is 4.68 Å². The summed E-state index contributed by atoms with van der Waals surface area (Å²) < 4.78 is 4.19. The van der Waals surface area contributed by atoms with Crippen LogP contribution in [-0.2, 0) is 13.1 Å². The van der Waals surface area contributed by atoms with Crippen molar-refractivity contribution in [3.8, 4) is 0 Å². The lowest BCUT2D eigenvalue weighted by molar-refractivity contribution is 0.506. The zero-order valence-corrected chi connectivity index (χ0v) is 12.5. The topological polar surface area (TPSA) is 47.7 Å². The molecular weight excluding hydrogens is 262 g/mol. The average Bonchev–Trinajstić information content (AvgIpc) is 3.12. The maximum Gasteiger partial charge on any atom is 0.0958 e. The summed E-state index contributed by atoms with van der Waals surface area (Å²) in [6.45, 7) is 3.97. The van der Waals surface area contributed by atoms with Crippen LogP contribution in [0.1, 0.15) is 24.9 Å². The molecule has 0 spiro atoms. The fourth-order valence-corrected chi connectivity index (χ4v) is 2.63. The summed E-state index contributed by atoms with van der Waals surface area (Å²) in [5.74, 6) is 0. The van der Waals surface area contributed by atoms with E-state index in [1.165, 1.54) is 11.1 Å². The third-order valence-corrected chi connectivity index (χ3v) is 3.76. The van der Waals surface area contributed by atoms with Crippen LogP contribution in [0.15, 0.2) is 43.0 Å². The highest BCUT2D eigenvalue weighted by molar-refractivity contribution is 5.74. The second-order valence-corrected chi connectivity index (χ2v) is 5.26. The van der Waals surface area contributed by atoms with Crippen molar-refractivity contribution in [3.05, 3.63) is 48.5 Å². The molecule has 3 rings (SSSR count). The number of fused-ring (bicyclic) bond motifs is 1. The fraction of sp³-hybridized carbons (Fsp3) is 0.375. The number of para-hydroxylation sites is 2. The first-order chi connectivity index (χ1) is 10.3. The summed E-state index contributed by atoms with van der Waals surface area (Å²) in [5.41, 5.74) is 3.41. The minimum Gasteiger partial charge on any atom is -0.329 e. The standard InChI is InChI=1S/C16H21N5/c1-3-8-21-10-13(9-19-21)15(17-2)11-20-12-18-14-6-4-5-7-16(14)20/h4-7,9-10,12,15,17H,3,8,11H2,1-2H3. The van der Waals surface area contributed by atoms with Gasteiger partial charge in [-0.15, -0.1) is 0 Å². The van der Waals surface area contributed by atoms with E-state index in [0.29, 0.717) is 0 Å². The lowest BCUT2D eigenvalue weighted by atomic mass is 10.1. The molecule has 0 aliphatic heterocycles. The smallest absolute Gasteiger partial charge is 0.0958 e. The van der Waals surface area contributed by atoms with Crippen molar-refractivity contribution in [2.45, 2.75) is 32.5 Å². The Balaban J connectivity index is 1.83. The number of hydrogen-bond donors (Lipinski definition) is 1. The molecule has 3 aromatic rings. The number of likely N-dealkylation sites (N-methyl/N-ethyl adjacent to an activating group) is 1. The van der Waals surface area contributed by atoms with Crippen molar-refractivity contribution in [2.75, 3.05) is 7.05 Å². The number of nitrogens with zero attached hydrogens (tertiary/aromatic N) is 4. The highest BCUT2D eigenvalue weighted by Gasteiger charge is 2.13. The van der Waals surface area contributed by atoms with Crippen LogP contribution in [0.4, 0.5) is 0 Å². The molecule has 1 N–H and O–H groups in total. The van der Waals surface area contributed by atoms with Crippen LogP contribution < -0.4 is 5.32 Å². The minimum atomic E-state index is 0.230. The van der Waals surface area contributed by atoms with Crippen LogP contribution in [0.5, 0.6) is 0 Å². The van der Waals surface area contributed by atoms with E-state index in [-0.39, 0.29) is 6.04 Å².